The summed E-state index contributed by atoms with van der Waals surface area (Å²) in [6.07, 6.45) is 5.15. The summed E-state index contributed by atoms with van der Waals surface area (Å²) in [7, 11) is 0. The molecule has 166 valence electrons. The SMILES string of the molecule is CCCC(=O)N1CCC(C2(c3ccc(-c4ccc5ncccc5c4)cc3)OCCO2)CC1. The summed E-state index contributed by atoms with van der Waals surface area (Å²) in [6.45, 7) is 4.82. The van der Waals surface area contributed by atoms with Crippen LogP contribution < -0.4 is 0 Å². The number of nitrogens with zero attached hydrogens (tertiary/aromatic N) is 2. The predicted octanol–water partition coefficient (Wildman–Crippen LogP) is 5.14. The number of amides is 1. The fourth-order valence-electron chi connectivity index (χ4n) is 5.10. The first-order valence-corrected chi connectivity index (χ1v) is 11.7. The van der Waals surface area contributed by atoms with Gasteiger partial charge in [-0.15, -0.1) is 0 Å². The van der Waals surface area contributed by atoms with Gasteiger partial charge < -0.3 is 14.4 Å². The van der Waals surface area contributed by atoms with Gasteiger partial charge in [0.25, 0.3) is 0 Å². The molecule has 0 atom stereocenters. The Balaban J connectivity index is 1.36. The van der Waals surface area contributed by atoms with Crippen LogP contribution in [0.2, 0.25) is 0 Å². The van der Waals surface area contributed by atoms with Crippen molar-refractivity contribution in [1.29, 1.82) is 0 Å². The standard InChI is InChI=1S/C27H30N2O3/c1-2-4-26(30)29-15-12-24(13-16-29)27(31-17-18-32-27)23-9-6-20(7-10-23)21-8-11-25-22(19-21)5-3-14-28-25/h3,5-11,14,19,24H,2,4,12-13,15-18H2,1H3. The quantitative estimate of drug-likeness (QED) is 0.562. The molecule has 2 aliphatic rings. The van der Waals surface area contributed by atoms with Crippen LogP contribution in [0.3, 0.4) is 0 Å². The van der Waals surface area contributed by atoms with Gasteiger partial charge in [0.05, 0.1) is 18.7 Å². The second kappa shape index (κ2) is 9.00. The average Bonchev–Trinajstić information content (AvgIpc) is 3.35. The number of piperidine rings is 1. The van der Waals surface area contributed by atoms with E-state index in [1.165, 1.54) is 5.56 Å². The summed E-state index contributed by atoms with van der Waals surface area (Å²) in [6, 6.07) is 19.0. The van der Waals surface area contributed by atoms with Gasteiger partial charge in [-0.2, -0.15) is 0 Å². The minimum absolute atomic E-state index is 0.244. The molecule has 5 nitrogen and oxygen atoms in total. The molecule has 32 heavy (non-hydrogen) atoms. The van der Waals surface area contributed by atoms with Crippen LogP contribution in [0.1, 0.15) is 38.2 Å². The molecule has 3 aromatic rings. The molecule has 5 rings (SSSR count). The van der Waals surface area contributed by atoms with Gasteiger partial charge in [0.15, 0.2) is 5.79 Å². The molecule has 2 aliphatic heterocycles. The number of benzene rings is 2. The molecule has 0 spiro atoms. The van der Waals surface area contributed by atoms with E-state index in [1.807, 2.05) is 17.2 Å². The number of likely N-dealkylation sites (tertiary alicyclic amines) is 1. The van der Waals surface area contributed by atoms with Crippen LogP contribution in [-0.2, 0) is 20.1 Å². The first-order chi connectivity index (χ1) is 15.7. The summed E-state index contributed by atoms with van der Waals surface area (Å²) in [5.41, 5.74) is 4.40. The Morgan fingerprint density at radius 3 is 2.47 bits per heavy atom. The smallest absolute Gasteiger partial charge is 0.222 e. The van der Waals surface area contributed by atoms with Gasteiger partial charge >= 0.3 is 0 Å². The number of fused-ring (bicyclic) bond motifs is 1. The van der Waals surface area contributed by atoms with Gasteiger partial charge in [-0.1, -0.05) is 43.3 Å². The van der Waals surface area contributed by atoms with E-state index in [2.05, 4.69) is 60.4 Å². The van der Waals surface area contributed by atoms with Crippen molar-refractivity contribution < 1.29 is 14.3 Å². The lowest BCUT2D eigenvalue weighted by Gasteiger charge is -2.41. The number of aromatic nitrogens is 1. The molecule has 1 aromatic heterocycles. The maximum atomic E-state index is 12.3. The van der Waals surface area contributed by atoms with Crippen LogP contribution in [0.15, 0.2) is 60.8 Å². The van der Waals surface area contributed by atoms with E-state index >= 15 is 0 Å². The van der Waals surface area contributed by atoms with Crippen LogP contribution >= 0.6 is 0 Å². The highest BCUT2D eigenvalue weighted by Crippen LogP contribution is 2.44. The minimum Gasteiger partial charge on any atom is -0.343 e. The summed E-state index contributed by atoms with van der Waals surface area (Å²) in [5, 5.41) is 1.14. The molecule has 0 N–H and O–H groups in total. The van der Waals surface area contributed by atoms with Crippen molar-refractivity contribution in [3.63, 3.8) is 0 Å². The van der Waals surface area contributed by atoms with Crippen molar-refractivity contribution in [2.24, 2.45) is 5.92 Å². The molecule has 0 unspecified atom stereocenters. The number of carbonyl (C=O) groups excluding carboxylic acids is 1. The zero-order valence-electron chi connectivity index (χ0n) is 18.6. The summed E-state index contributed by atoms with van der Waals surface area (Å²) in [5.74, 6) is -0.192. The third kappa shape index (κ3) is 3.91. The maximum absolute atomic E-state index is 12.3. The second-order valence-corrected chi connectivity index (χ2v) is 8.76. The van der Waals surface area contributed by atoms with Crippen molar-refractivity contribution in [2.75, 3.05) is 26.3 Å². The first-order valence-electron chi connectivity index (χ1n) is 11.7. The molecule has 1 amide bonds. The van der Waals surface area contributed by atoms with E-state index in [4.69, 9.17) is 9.47 Å². The average molecular weight is 431 g/mol. The first kappa shape index (κ1) is 21.1. The number of hydrogen-bond acceptors (Lipinski definition) is 4. The fourth-order valence-corrected chi connectivity index (χ4v) is 5.10. The van der Waals surface area contributed by atoms with Crippen molar-refractivity contribution in [3.05, 3.63) is 66.4 Å². The Morgan fingerprint density at radius 2 is 1.75 bits per heavy atom. The monoisotopic (exact) mass is 430 g/mol. The van der Waals surface area contributed by atoms with Gasteiger partial charge in [-0.25, -0.2) is 0 Å². The summed E-state index contributed by atoms with van der Waals surface area (Å²) >= 11 is 0. The van der Waals surface area contributed by atoms with Crippen LogP contribution in [0, 0.1) is 5.92 Å². The molecular formula is C27H30N2O3. The van der Waals surface area contributed by atoms with Gasteiger partial charge in [0, 0.05) is 42.6 Å². The maximum Gasteiger partial charge on any atom is 0.222 e. The topological polar surface area (TPSA) is 51.7 Å². The lowest BCUT2D eigenvalue weighted by atomic mass is 9.83. The third-order valence-corrected chi connectivity index (χ3v) is 6.79. The number of hydrogen-bond donors (Lipinski definition) is 0. The van der Waals surface area contributed by atoms with E-state index in [-0.39, 0.29) is 11.8 Å². The predicted molar refractivity (Wildman–Crippen MR) is 125 cm³/mol. The molecule has 2 aromatic carbocycles. The summed E-state index contributed by atoms with van der Waals surface area (Å²) in [4.78, 5) is 18.7. The van der Waals surface area contributed by atoms with E-state index < -0.39 is 5.79 Å². The minimum atomic E-state index is -0.703. The molecule has 2 saturated heterocycles. The number of ether oxygens (including phenoxy) is 2. The number of pyridine rings is 1. The van der Waals surface area contributed by atoms with Crippen LogP contribution in [0.4, 0.5) is 0 Å². The summed E-state index contributed by atoms with van der Waals surface area (Å²) < 4.78 is 12.6. The molecular weight excluding hydrogens is 400 g/mol. The lowest BCUT2D eigenvalue weighted by Crippen LogP contribution is -2.46. The van der Waals surface area contributed by atoms with Gasteiger partial charge in [0.1, 0.15) is 0 Å². The van der Waals surface area contributed by atoms with E-state index in [9.17, 15) is 4.79 Å². The van der Waals surface area contributed by atoms with Crippen molar-refractivity contribution in [2.45, 2.75) is 38.4 Å². The Hall–Kier alpha value is -2.76. The van der Waals surface area contributed by atoms with Crippen molar-refractivity contribution >= 4 is 16.8 Å². The molecule has 0 saturated carbocycles. The normalized spacial score (nSPS) is 18.8. The Bertz CT molecular complexity index is 1080. The number of rotatable bonds is 5. The zero-order chi connectivity index (χ0) is 22.0. The van der Waals surface area contributed by atoms with Crippen LogP contribution in [-0.4, -0.2) is 42.1 Å². The van der Waals surface area contributed by atoms with Crippen LogP contribution in [0.5, 0.6) is 0 Å². The van der Waals surface area contributed by atoms with Gasteiger partial charge in [-0.05, 0) is 48.6 Å². The van der Waals surface area contributed by atoms with Crippen molar-refractivity contribution in [1.82, 2.24) is 9.88 Å². The highest BCUT2D eigenvalue weighted by molar-refractivity contribution is 5.84. The fraction of sp³-hybridized carbons (Fsp3) is 0.407. The zero-order valence-corrected chi connectivity index (χ0v) is 18.6. The van der Waals surface area contributed by atoms with E-state index in [0.717, 1.165) is 54.4 Å². The second-order valence-electron chi connectivity index (χ2n) is 8.76. The van der Waals surface area contributed by atoms with E-state index in [1.54, 1.807) is 0 Å². The molecule has 3 heterocycles. The largest absolute Gasteiger partial charge is 0.343 e. The molecule has 0 bridgehead atoms. The molecule has 2 fully saturated rings. The lowest BCUT2D eigenvalue weighted by molar-refractivity contribution is -0.214. The van der Waals surface area contributed by atoms with Gasteiger partial charge in [0.2, 0.25) is 5.91 Å². The molecule has 0 aliphatic carbocycles. The Labute approximate surface area is 189 Å². The highest BCUT2D eigenvalue weighted by Gasteiger charge is 2.47. The third-order valence-electron chi connectivity index (χ3n) is 6.79. The van der Waals surface area contributed by atoms with Gasteiger partial charge in [-0.3, -0.25) is 9.78 Å². The Kier molecular flexibility index (Phi) is 5.94. The van der Waals surface area contributed by atoms with E-state index in [0.29, 0.717) is 19.6 Å². The number of carbonyl (C=O) groups is 1. The molecule has 0 radical (unpaired) electrons. The Morgan fingerprint density at radius 1 is 1.03 bits per heavy atom. The van der Waals surface area contributed by atoms with Crippen molar-refractivity contribution in [3.8, 4) is 11.1 Å². The van der Waals surface area contributed by atoms with Crippen LogP contribution in [0.25, 0.3) is 22.0 Å². The highest BCUT2D eigenvalue weighted by atomic mass is 16.7. The molecule has 5 heteroatoms.